The fourth-order valence-electron chi connectivity index (χ4n) is 2.07. The second kappa shape index (κ2) is 21.3. The third-order valence-corrected chi connectivity index (χ3v) is 3.62. The molecule has 1 nitrogen and oxygen atoms in total. The first-order valence-corrected chi connectivity index (χ1v) is 9.25. The molecule has 0 atom stereocenters. The predicted molar refractivity (Wildman–Crippen MR) is 92.5 cm³/mol. The van der Waals surface area contributed by atoms with Crippen molar-refractivity contribution in [3.63, 3.8) is 0 Å². The first-order chi connectivity index (χ1) is 9.68. The van der Waals surface area contributed by atoms with Gasteiger partial charge in [-0.1, -0.05) is 97.8 Å². The summed E-state index contributed by atoms with van der Waals surface area (Å²) in [6.07, 6.45) is 17.6. The van der Waals surface area contributed by atoms with Gasteiger partial charge in [0.25, 0.3) is 0 Å². The Bertz CT molecular complexity index is 176. The topological polar surface area (TPSA) is 17.1 Å². The Morgan fingerprint density at radius 1 is 0.600 bits per heavy atom. The van der Waals surface area contributed by atoms with E-state index in [4.69, 9.17) is 11.6 Å². The van der Waals surface area contributed by atoms with Crippen LogP contribution in [0.2, 0.25) is 0 Å². The van der Waals surface area contributed by atoms with Crippen LogP contribution in [-0.4, -0.2) is 5.24 Å². The molecule has 0 amide bonds. The van der Waals surface area contributed by atoms with Gasteiger partial charge in [0.1, 0.15) is 0 Å². The minimum Gasteiger partial charge on any atom is -0.281 e. The summed E-state index contributed by atoms with van der Waals surface area (Å²) in [5, 5.41) is -0.187. The third-order valence-electron chi connectivity index (χ3n) is 3.43. The highest BCUT2D eigenvalue weighted by atomic mass is 35.5. The minimum absolute atomic E-state index is 0.187. The van der Waals surface area contributed by atoms with Gasteiger partial charge < -0.3 is 0 Å². The van der Waals surface area contributed by atoms with Crippen LogP contribution >= 0.6 is 11.6 Å². The summed E-state index contributed by atoms with van der Waals surface area (Å²) in [5.74, 6) is 0. The zero-order chi connectivity index (χ0) is 15.5. The minimum atomic E-state index is -0.187. The molecule has 0 unspecified atom stereocenters. The Balaban J connectivity index is 0. The van der Waals surface area contributed by atoms with Gasteiger partial charge in [0.2, 0.25) is 5.24 Å². The second-order valence-electron chi connectivity index (χ2n) is 5.64. The number of hydrogen-bond acceptors (Lipinski definition) is 1. The first kappa shape index (κ1) is 22.2. The summed E-state index contributed by atoms with van der Waals surface area (Å²) in [5.41, 5.74) is 0. The molecular weight excluding hydrogens is 268 g/mol. The molecule has 0 aliphatic carbocycles. The zero-order valence-electron chi connectivity index (χ0n) is 14.2. The van der Waals surface area contributed by atoms with Crippen LogP contribution in [0.5, 0.6) is 0 Å². The highest BCUT2D eigenvalue weighted by Gasteiger charge is 1.95. The molecule has 0 aliphatic heterocycles. The van der Waals surface area contributed by atoms with Crippen molar-refractivity contribution in [2.75, 3.05) is 0 Å². The lowest BCUT2D eigenvalue weighted by molar-refractivity contribution is -0.111. The van der Waals surface area contributed by atoms with E-state index in [0.717, 1.165) is 12.8 Å². The lowest BCUT2D eigenvalue weighted by Gasteiger charge is -2.00. The monoisotopic (exact) mass is 304 g/mol. The maximum atomic E-state index is 10.4. The second-order valence-corrected chi connectivity index (χ2v) is 6.06. The molecule has 0 radical (unpaired) electrons. The van der Waals surface area contributed by atoms with Crippen molar-refractivity contribution in [3.8, 4) is 0 Å². The van der Waals surface area contributed by atoms with Crippen molar-refractivity contribution >= 4 is 16.8 Å². The standard InChI is InChI=1S/C12H23ClO.C6H14/c1-2-3-4-5-6-7-8-9-10-11-12(13)14;1-3-5-6-4-2/h2-11H2,1H3;3-6H2,1-2H3. The van der Waals surface area contributed by atoms with E-state index in [2.05, 4.69) is 20.8 Å². The molecule has 20 heavy (non-hydrogen) atoms. The van der Waals surface area contributed by atoms with Gasteiger partial charge in [-0.25, -0.2) is 0 Å². The van der Waals surface area contributed by atoms with Crippen molar-refractivity contribution in [3.05, 3.63) is 0 Å². The Labute approximate surface area is 132 Å². The summed E-state index contributed by atoms with van der Waals surface area (Å²) < 4.78 is 0. The molecule has 2 heteroatoms. The first-order valence-electron chi connectivity index (χ1n) is 8.87. The van der Waals surface area contributed by atoms with Crippen LogP contribution in [0.3, 0.4) is 0 Å². The van der Waals surface area contributed by atoms with E-state index in [1.807, 2.05) is 0 Å². The predicted octanol–water partition coefficient (Wildman–Crippen LogP) is 7.26. The maximum absolute atomic E-state index is 10.4. The molecule has 0 fully saturated rings. The Morgan fingerprint density at radius 2 is 0.900 bits per heavy atom. The summed E-state index contributed by atoms with van der Waals surface area (Å²) in [6.45, 7) is 6.70. The van der Waals surface area contributed by atoms with Crippen LogP contribution in [0.25, 0.3) is 0 Å². The number of hydrogen-bond donors (Lipinski definition) is 0. The molecule has 0 heterocycles. The summed E-state index contributed by atoms with van der Waals surface area (Å²) in [4.78, 5) is 10.4. The normalized spacial score (nSPS) is 10.0. The summed E-state index contributed by atoms with van der Waals surface area (Å²) >= 11 is 5.24. The van der Waals surface area contributed by atoms with Crippen LogP contribution in [0.15, 0.2) is 0 Å². The maximum Gasteiger partial charge on any atom is 0.221 e. The van der Waals surface area contributed by atoms with Crippen LogP contribution in [0.4, 0.5) is 0 Å². The molecule has 0 saturated heterocycles. The van der Waals surface area contributed by atoms with Gasteiger partial charge in [-0.2, -0.15) is 0 Å². The highest BCUT2D eigenvalue weighted by molar-refractivity contribution is 6.63. The fraction of sp³-hybridized carbons (Fsp3) is 0.944. The van der Waals surface area contributed by atoms with Gasteiger partial charge in [-0.15, -0.1) is 0 Å². The largest absolute Gasteiger partial charge is 0.281 e. The van der Waals surface area contributed by atoms with E-state index in [1.165, 1.54) is 70.6 Å². The lowest BCUT2D eigenvalue weighted by Crippen LogP contribution is -1.86. The average molecular weight is 305 g/mol. The molecule has 0 aromatic rings. The van der Waals surface area contributed by atoms with Crippen LogP contribution in [0, 0.1) is 0 Å². The number of halogens is 1. The molecule has 0 N–H and O–H groups in total. The molecule has 0 spiro atoms. The molecule has 0 aromatic carbocycles. The van der Waals surface area contributed by atoms with Crippen molar-refractivity contribution < 1.29 is 4.79 Å². The number of carbonyl (C=O) groups is 1. The van der Waals surface area contributed by atoms with Crippen LogP contribution in [0.1, 0.15) is 111 Å². The van der Waals surface area contributed by atoms with Gasteiger partial charge in [0.15, 0.2) is 0 Å². The van der Waals surface area contributed by atoms with E-state index < -0.39 is 0 Å². The molecule has 0 saturated carbocycles. The Morgan fingerprint density at radius 3 is 1.25 bits per heavy atom. The van der Waals surface area contributed by atoms with Crippen molar-refractivity contribution in [1.82, 2.24) is 0 Å². The average Bonchev–Trinajstić information content (AvgIpc) is 2.43. The highest BCUT2D eigenvalue weighted by Crippen LogP contribution is 2.10. The molecule has 0 aliphatic rings. The SMILES string of the molecule is CCCCCC.CCCCCCCCCCCC(=O)Cl. The smallest absolute Gasteiger partial charge is 0.221 e. The number of carbonyl (C=O) groups excluding carboxylic acids is 1. The van der Waals surface area contributed by atoms with Gasteiger partial charge in [-0.05, 0) is 18.0 Å². The number of rotatable bonds is 13. The van der Waals surface area contributed by atoms with E-state index >= 15 is 0 Å². The van der Waals surface area contributed by atoms with E-state index in [0.29, 0.717) is 6.42 Å². The summed E-state index contributed by atoms with van der Waals surface area (Å²) in [7, 11) is 0. The Kier molecular flexibility index (Phi) is 23.6. The summed E-state index contributed by atoms with van der Waals surface area (Å²) in [6, 6.07) is 0. The van der Waals surface area contributed by atoms with Crippen molar-refractivity contribution in [2.45, 2.75) is 111 Å². The fourth-order valence-corrected chi connectivity index (χ4v) is 2.21. The van der Waals surface area contributed by atoms with Gasteiger partial charge in [-0.3, -0.25) is 4.79 Å². The molecular formula is C18H37ClO. The quantitative estimate of drug-likeness (QED) is 0.258. The molecule has 122 valence electrons. The molecule has 0 aromatic heterocycles. The lowest BCUT2D eigenvalue weighted by atomic mass is 10.1. The van der Waals surface area contributed by atoms with Gasteiger partial charge >= 0.3 is 0 Å². The molecule has 0 rings (SSSR count). The van der Waals surface area contributed by atoms with Gasteiger partial charge in [0, 0.05) is 6.42 Å². The Hall–Kier alpha value is -0.0400. The van der Waals surface area contributed by atoms with Crippen LogP contribution < -0.4 is 0 Å². The van der Waals surface area contributed by atoms with Gasteiger partial charge in [0.05, 0.1) is 0 Å². The van der Waals surface area contributed by atoms with Crippen LogP contribution in [-0.2, 0) is 4.79 Å². The number of unbranched alkanes of at least 4 members (excludes halogenated alkanes) is 11. The third kappa shape index (κ3) is 26.5. The van der Waals surface area contributed by atoms with E-state index in [9.17, 15) is 4.79 Å². The molecule has 0 bridgehead atoms. The van der Waals surface area contributed by atoms with E-state index in [1.54, 1.807) is 0 Å². The van der Waals surface area contributed by atoms with Crippen molar-refractivity contribution in [2.24, 2.45) is 0 Å². The van der Waals surface area contributed by atoms with E-state index in [-0.39, 0.29) is 5.24 Å². The zero-order valence-corrected chi connectivity index (χ0v) is 14.9. The van der Waals surface area contributed by atoms with Crippen molar-refractivity contribution in [1.29, 1.82) is 0 Å².